The molecule has 214 valence electrons. The average Bonchev–Trinajstić information content (AvgIpc) is 2.88. The predicted octanol–water partition coefficient (Wildman–Crippen LogP) is 6.14. The summed E-state index contributed by atoms with van der Waals surface area (Å²) in [6.07, 6.45) is 0.320. The quantitative estimate of drug-likeness (QED) is 0.285. The largest absolute Gasteiger partial charge is 0.352 e. The highest BCUT2D eigenvalue weighted by atomic mass is 35.5. The van der Waals surface area contributed by atoms with E-state index in [1.54, 1.807) is 48.5 Å². The molecule has 0 saturated carbocycles. The van der Waals surface area contributed by atoms with E-state index in [1.165, 1.54) is 17.0 Å². The van der Waals surface area contributed by atoms with Gasteiger partial charge in [-0.2, -0.15) is 0 Å². The standard InChI is InChI=1S/C30H35Cl2N3O4S/c1-6-28(30(37)33-20(2)3)34(18-23-12-13-26(31)27(32)17-23)29(36)19-35(24-15-21(4)14-22(5)16-24)40(38,39)25-10-8-7-9-11-25/h7-17,20,28H,6,18-19H2,1-5H3,(H,33,37)/t28-/m0/s1. The van der Waals surface area contributed by atoms with Crippen LogP contribution in [0.2, 0.25) is 10.0 Å². The second-order valence-electron chi connectivity index (χ2n) is 10.0. The molecular formula is C30H35Cl2N3O4S. The van der Waals surface area contributed by atoms with Gasteiger partial charge in [-0.3, -0.25) is 13.9 Å². The molecule has 1 atom stereocenters. The third kappa shape index (κ3) is 7.77. The lowest BCUT2D eigenvalue weighted by molar-refractivity contribution is -0.140. The second kappa shape index (κ2) is 13.5. The molecule has 7 nitrogen and oxygen atoms in total. The maximum absolute atomic E-state index is 14.1. The number of carbonyl (C=O) groups is 2. The minimum absolute atomic E-state index is 0.0335. The van der Waals surface area contributed by atoms with Gasteiger partial charge < -0.3 is 10.2 Å². The lowest BCUT2D eigenvalue weighted by Gasteiger charge is -2.33. The Balaban J connectivity index is 2.10. The highest BCUT2D eigenvalue weighted by Crippen LogP contribution is 2.28. The summed E-state index contributed by atoms with van der Waals surface area (Å²) < 4.78 is 28.9. The van der Waals surface area contributed by atoms with Crippen LogP contribution >= 0.6 is 23.2 Å². The third-order valence-corrected chi connectivity index (χ3v) is 8.79. The van der Waals surface area contributed by atoms with Crippen molar-refractivity contribution >= 4 is 50.7 Å². The van der Waals surface area contributed by atoms with Crippen molar-refractivity contribution in [2.45, 2.75) is 64.6 Å². The molecule has 0 aliphatic rings. The Morgan fingerprint density at radius 3 is 2.08 bits per heavy atom. The highest BCUT2D eigenvalue weighted by molar-refractivity contribution is 7.92. The maximum Gasteiger partial charge on any atom is 0.264 e. The number of nitrogens with zero attached hydrogens (tertiary/aromatic N) is 2. The van der Waals surface area contributed by atoms with Crippen LogP contribution in [0.5, 0.6) is 0 Å². The van der Waals surface area contributed by atoms with E-state index in [0.717, 1.165) is 15.4 Å². The maximum atomic E-state index is 14.1. The molecule has 3 aromatic rings. The van der Waals surface area contributed by atoms with Crippen LogP contribution in [0.25, 0.3) is 0 Å². The zero-order valence-electron chi connectivity index (χ0n) is 23.3. The summed E-state index contributed by atoms with van der Waals surface area (Å²) in [4.78, 5) is 28.8. The van der Waals surface area contributed by atoms with Crippen LogP contribution in [0.1, 0.15) is 43.9 Å². The molecule has 0 radical (unpaired) electrons. The van der Waals surface area contributed by atoms with E-state index >= 15 is 0 Å². The van der Waals surface area contributed by atoms with Gasteiger partial charge in [-0.05, 0) is 87.2 Å². The summed E-state index contributed by atoms with van der Waals surface area (Å²) in [6, 6.07) is 17.4. The SMILES string of the molecule is CC[C@@H](C(=O)NC(C)C)N(Cc1ccc(Cl)c(Cl)c1)C(=O)CN(c1cc(C)cc(C)c1)S(=O)(=O)c1ccccc1. The number of anilines is 1. The molecule has 3 rings (SSSR count). The van der Waals surface area contributed by atoms with E-state index < -0.39 is 28.5 Å². The van der Waals surface area contributed by atoms with Crippen LogP contribution in [-0.4, -0.2) is 43.8 Å². The third-order valence-electron chi connectivity index (χ3n) is 6.26. The number of aryl methyl sites for hydroxylation is 2. The summed E-state index contributed by atoms with van der Waals surface area (Å²) in [7, 11) is -4.13. The van der Waals surface area contributed by atoms with Crippen molar-refractivity contribution in [3.05, 3.63) is 93.5 Å². The molecule has 10 heteroatoms. The van der Waals surface area contributed by atoms with E-state index in [0.29, 0.717) is 27.7 Å². The number of nitrogens with one attached hydrogen (secondary N) is 1. The first-order valence-corrected chi connectivity index (χ1v) is 15.2. The Morgan fingerprint density at radius 1 is 0.900 bits per heavy atom. The van der Waals surface area contributed by atoms with E-state index in [1.807, 2.05) is 40.7 Å². The number of rotatable bonds is 11. The zero-order valence-corrected chi connectivity index (χ0v) is 25.6. The molecular weight excluding hydrogens is 569 g/mol. The summed E-state index contributed by atoms with van der Waals surface area (Å²) >= 11 is 12.3. The predicted molar refractivity (Wildman–Crippen MR) is 161 cm³/mol. The van der Waals surface area contributed by atoms with Gasteiger partial charge in [-0.15, -0.1) is 0 Å². The number of amides is 2. The van der Waals surface area contributed by atoms with E-state index in [4.69, 9.17) is 23.2 Å². The first-order chi connectivity index (χ1) is 18.8. The lowest BCUT2D eigenvalue weighted by atomic mass is 10.1. The Kier molecular flexibility index (Phi) is 10.6. The van der Waals surface area contributed by atoms with Gasteiger partial charge in [0.15, 0.2) is 0 Å². The summed E-state index contributed by atoms with van der Waals surface area (Å²) in [5, 5.41) is 3.56. The Bertz CT molecular complexity index is 1440. The molecule has 0 aliphatic heterocycles. The first-order valence-electron chi connectivity index (χ1n) is 13.0. The molecule has 0 bridgehead atoms. The number of hydrogen-bond acceptors (Lipinski definition) is 4. The average molecular weight is 605 g/mol. The molecule has 0 spiro atoms. The van der Waals surface area contributed by atoms with E-state index in [-0.39, 0.29) is 23.4 Å². The van der Waals surface area contributed by atoms with Crippen molar-refractivity contribution in [3.63, 3.8) is 0 Å². The van der Waals surface area contributed by atoms with Crippen LogP contribution < -0.4 is 9.62 Å². The molecule has 0 heterocycles. The van der Waals surface area contributed by atoms with Crippen LogP contribution in [0.15, 0.2) is 71.6 Å². The fraction of sp³-hybridized carbons (Fsp3) is 0.333. The van der Waals surface area contributed by atoms with Crippen LogP contribution in [0.3, 0.4) is 0 Å². The zero-order chi connectivity index (χ0) is 29.6. The van der Waals surface area contributed by atoms with Crippen LogP contribution in [-0.2, 0) is 26.2 Å². The molecule has 40 heavy (non-hydrogen) atoms. The van der Waals surface area contributed by atoms with Gasteiger partial charge in [0.25, 0.3) is 10.0 Å². The van der Waals surface area contributed by atoms with Crippen molar-refractivity contribution in [1.82, 2.24) is 10.2 Å². The number of carbonyl (C=O) groups excluding carboxylic acids is 2. The van der Waals surface area contributed by atoms with Gasteiger partial charge in [0.2, 0.25) is 11.8 Å². The normalized spacial score (nSPS) is 12.2. The fourth-order valence-corrected chi connectivity index (χ4v) is 6.22. The van der Waals surface area contributed by atoms with Gasteiger partial charge in [-0.1, -0.05) is 60.5 Å². The Morgan fingerprint density at radius 2 is 1.52 bits per heavy atom. The highest BCUT2D eigenvalue weighted by Gasteiger charge is 2.34. The van der Waals surface area contributed by atoms with E-state index in [2.05, 4.69) is 5.32 Å². The number of benzene rings is 3. The summed E-state index contributed by atoms with van der Waals surface area (Å²) in [6.45, 7) is 8.74. The van der Waals surface area contributed by atoms with Crippen molar-refractivity contribution in [3.8, 4) is 0 Å². The van der Waals surface area contributed by atoms with Crippen LogP contribution in [0.4, 0.5) is 5.69 Å². The van der Waals surface area contributed by atoms with Crippen molar-refractivity contribution in [1.29, 1.82) is 0 Å². The Hall–Kier alpha value is -3.07. The molecule has 0 unspecified atom stereocenters. The smallest absolute Gasteiger partial charge is 0.264 e. The number of hydrogen-bond donors (Lipinski definition) is 1. The van der Waals surface area contributed by atoms with Gasteiger partial charge >= 0.3 is 0 Å². The molecule has 0 fully saturated rings. The topological polar surface area (TPSA) is 86.8 Å². The monoisotopic (exact) mass is 603 g/mol. The lowest BCUT2D eigenvalue weighted by Crippen LogP contribution is -2.53. The Labute approximate surface area is 247 Å². The fourth-order valence-electron chi connectivity index (χ4n) is 4.48. The van der Waals surface area contributed by atoms with Gasteiger partial charge in [-0.25, -0.2) is 8.42 Å². The molecule has 0 aliphatic carbocycles. The summed E-state index contributed by atoms with van der Waals surface area (Å²) in [5.74, 6) is -0.856. The molecule has 1 N–H and O–H groups in total. The van der Waals surface area contributed by atoms with Crippen molar-refractivity contribution in [2.24, 2.45) is 0 Å². The molecule has 0 aromatic heterocycles. The van der Waals surface area contributed by atoms with Gasteiger partial charge in [0.05, 0.1) is 20.6 Å². The minimum atomic E-state index is -4.13. The van der Waals surface area contributed by atoms with Crippen LogP contribution in [0, 0.1) is 13.8 Å². The van der Waals surface area contributed by atoms with Crippen molar-refractivity contribution in [2.75, 3.05) is 10.8 Å². The summed E-state index contributed by atoms with van der Waals surface area (Å²) in [5.41, 5.74) is 2.73. The first kappa shape index (κ1) is 31.5. The molecule has 0 saturated heterocycles. The number of sulfonamides is 1. The van der Waals surface area contributed by atoms with Gasteiger partial charge in [0.1, 0.15) is 12.6 Å². The second-order valence-corrected chi connectivity index (χ2v) is 12.7. The van der Waals surface area contributed by atoms with Crippen molar-refractivity contribution < 1.29 is 18.0 Å². The number of halogens is 2. The van der Waals surface area contributed by atoms with E-state index in [9.17, 15) is 18.0 Å². The minimum Gasteiger partial charge on any atom is -0.352 e. The molecule has 2 amide bonds. The molecule has 3 aromatic carbocycles. The van der Waals surface area contributed by atoms with Gasteiger partial charge in [0, 0.05) is 12.6 Å².